The van der Waals surface area contributed by atoms with Crippen LogP contribution in [-0.4, -0.2) is 15.3 Å². The first kappa shape index (κ1) is 18.0. The normalized spacial score (nSPS) is 12.2. The summed E-state index contributed by atoms with van der Waals surface area (Å²) in [6.45, 7) is 4.52. The lowest BCUT2D eigenvalue weighted by atomic mass is 9.89. The highest BCUT2D eigenvalue weighted by Gasteiger charge is 2.23. The lowest BCUT2D eigenvalue weighted by molar-refractivity contribution is -0.121. The highest BCUT2D eigenvalue weighted by atomic mass is 16.3. The fourth-order valence-corrected chi connectivity index (χ4v) is 3.57. The average Bonchev–Trinajstić information content (AvgIpc) is 3.34. The number of benzene rings is 1. The number of furan rings is 1. The van der Waals surface area contributed by atoms with Crippen molar-refractivity contribution in [3.63, 3.8) is 0 Å². The molecule has 0 aliphatic rings. The van der Waals surface area contributed by atoms with Gasteiger partial charge in [-0.2, -0.15) is 0 Å². The minimum Gasteiger partial charge on any atom is -0.467 e. The summed E-state index contributed by atoms with van der Waals surface area (Å²) in [6.07, 6.45) is 5.86. The number of aryl methyl sites for hydroxylation is 2. The third-order valence-corrected chi connectivity index (χ3v) is 5.05. The molecule has 1 atom stereocenters. The second-order valence-electron chi connectivity index (χ2n) is 7.08. The standard InChI is InChI=1S/C23H23N3O2/c1-16-9-10-26-21(15-24-22(26)12-16)20(19-8-4-3-6-17(19)2)13-23(27)25-14-18-7-5-11-28-18/h3-12,15,20H,13-14H2,1-2H3,(H,25,27). The molecule has 5 heteroatoms. The zero-order valence-corrected chi connectivity index (χ0v) is 16.1. The lowest BCUT2D eigenvalue weighted by Gasteiger charge is -2.19. The van der Waals surface area contributed by atoms with Gasteiger partial charge in [0.1, 0.15) is 11.4 Å². The summed E-state index contributed by atoms with van der Waals surface area (Å²) in [5.41, 5.74) is 5.36. The van der Waals surface area contributed by atoms with Crippen LogP contribution >= 0.6 is 0 Å². The van der Waals surface area contributed by atoms with E-state index < -0.39 is 0 Å². The number of pyridine rings is 1. The van der Waals surface area contributed by atoms with Crippen LogP contribution < -0.4 is 5.32 Å². The van der Waals surface area contributed by atoms with E-state index in [0.29, 0.717) is 13.0 Å². The number of aromatic nitrogens is 2. The topological polar surface area (TPSA) is 59.5 Å². The fraction of sp³-hybridized carbons (Fsp3) is 0.217. The molecule has 0 aliphatic heterocycles. The van der Waals surface area contributed by atoms with Crippen LogP contribution in [0, 0.1) is 13.8 Å². The van der Waals surface area contributed by atoms with Crippen LogP contribution in [0.1, 0.15) is 40.5 Å². The smallest absolute Gasteiger partial charge is 0.221 e. The SMILES string of the molecule is Cc1ccn2c(C(CC(=O)NCc3ccco3)c3ccccc3C)cnc2c1. The van der Waals surface area contributed by atoms with E-state index in [2.05, 4.69) is 52.8 Å². The predicted molar refractivity (Wildman–Crippen MR) is 108 cm³/mol. The molecular formula is C23H23N3O2. The van der Waals surface area contributed by atoms with E-state index in [1.807, 2.05) is 36.7 Å². The Kier molecular flexibility index (Phi) is 4.98. The summed E-state index contributed by atoms with van der Waals surface area (Å²) in [5, 5.41) is 2.96. The lowest BCUT2D eigenvalue weighted by Crippen LogP contribution is -2.25. The van der Waals surface area contributed by atoms with Gasteiger partial charge in [-0.3, -0.25) is 4.79 Å². The molecule has 1 amide bonds. The average molecular weight is 373 g/mol. The summed E-state index contributed by atoms with van der Waals surface area (Å²) in [5.74, 6) is 0.633. The molecule has 0 saturated carbocycles. The molecule has 0 spiro atoms. The Labute approximate surface area is 164 Å². The molecule has 0 fully saturated rings. The first-order valence-electron chi connectivity index (χ1n) is 9.40. The second kappa shape index (κ2) is 7.72. The van der Waals surface area contributed by atoms with Crippen molar-refractivity contribution in [2.75, 3.05) is 0 Å². The van der Waals surface area contributed by atoms with Gasteiger partial charge in [0.2, 0.25) is 5.91 Å². The van der Waals surface area contributed by atoms with Crippen molar-refractivity contribution in [1.82, 2.24) is 14.7 Å². The maximum atomic E-state index is 12.7. The number of nitrogens with zero attached hydrogens (tertiary/aromatic N) is 2. The monoisotopic (exact) mass is 373 g/mol. The third-order valence-electron chi connectivity index (χ3n) is 5.05. The van der Waals surface area contributed by atoms with Gasteiger partial charge in [-0.05, 0) is 54.8 Å². The highest BCUT2D eigenvalue weighted by molar-refractivity contribution is 5.77. The fourth-order valence-electron chi connectivity index (χ4n) is 3.57. The van der Waals surface area contributed by atoms with E-state index in [4.69, 9.17) is 4.42 Å². The number of carbonyl (C=O) groups is 1. The van der Waals surface area contributed by atoms with Crippen LogP contribution in [0.2, 0.25) is 0 Å². The van der Waals surface area contributed by atoms with Crippen molar-refractivity contribution in [2.24, 2.45) is 0 Å². The van der Waals surface area contributed by atoms with Gasteiger partial charge in [0.25, 0.3) is 0 Å². The Bertz CT molecular complexity index is 1100. The van der Waals surface area contributed by atoms with E-state index in [1.165, 1.54) is 0 Å². The van der Waals surface area contributed by atoms with Crippen molar-refractivity contribution < 1.29 is 9.21 Å². The molecule has 3 heterocycles. The Balaban J connectivity index is 1.66. The van der Waals surface area contributed by atoms with Gasteiger partial charge in [0, 0.05) is 24.7 Å². The molecule has 1 N–H and O–H groups in total. The summed E-state index contributed by atoms with van der Waals surface area (Å²) in [6, 6.07) is 16.0. The maximum Gasteiger partial charge on any atom is 0.221 e. The molecule has 0 radical (unpaired) electrons. The van der Waals surface area contributed by atoms with Crippen molar-refractivity contribution in [3.8, 4) is 0 Å². The van der Waals surface area contributed by atoms with Crippen molar-refractivity contribution in [3.05, 3.63) is 95.3 Å². The van der Waals surface area contributed by atoms with Gasteiger partial charge < -0.3 is 14.1 Å². The van der Waals surface area contributed by atoms with Crippen LogP contribution in [0.3, 0.4) is 0 Å². The van der Waals surface area contributed by atoms with E-state index in [9.17, 15) is 4.79 Å². The molecule has 0 bridgehead atoms. The molecule has 1 unspecified atom stereocenters. The molecule has 4 rings (SSSR count). The first-order chi connectivity index (χ1) is 13.6. The number of fused-ring (bicyclic) bond motifs is 1. The van der Waals surface area contributed by atoms with Gasteiger partial charge in [0.05, 0.1) is 18.5 Å². The molecule has 3 aromatic heterocycles. The van der Waals surface area contributed by atoms with Gasteiger partial charge in [-0.15, -0.1) is 0 Å². The third kappa shape index (κ3) is 3.69. The highest BCUT2D eigenvalue weighted by Crippen LogP contribution is 2.31. The summed E-state index contributed by atoms with van der Waals surface area (Å²) < 4.78 is 7.38. The Hall–Kier alpha value is -3.34. The molecular weight excluding hydrogens is 350 g/mol. The molecule has 28 heavy (non-hydrogen) atoms. The zero-order chi connectivity index (χ0) is 19.5. The summed E-state index contributed by atoms with van der Waals surface area (Å²) in [7, 11) is 0. The molecule has 4 aromatic rings. The Morgan fingerprint density at radius 2 is 2.04 bits per heavy atom. The molecule has 1 aromatic carbocycles. The quantitative estimate of drug-likeness (QED) is 0.545. The number of rotatable bonds is 6. The molecule has 0 saturated heterocycles. The van der Waals surface area contributed by atoms with E-state index >= 15 is 0 Å². The zero-order valence-electron chi connectivity index (χ0n) is 16.1. The number of hydrogen-bond acceptors (Lipinski definition) is 3. The predicted octanol–water partition coefficient (Wildman–Crippen LogP) is 4.38. The molecule has 142 valence electrons. The number of amides is 1. The second-order valence-corrected chi connectivity index (χ2v) is 7.08. The van der Waals surface area contributed by atoms with Crippen molar-refractivity contribution >= 4 is 11.6 Å². The summed E-state index contributed by atoms with van der Waals surface area (Å²) >= 11 is 0. The van der Waals surface area contributed by atoms with Gasteiger partial charge in [0.15, 0.2) is 0 Å². The molecule has 5 nitrogen and oxygen atoms in total. The van der Waals surface area contributed by atoms with E-state index in [0.717, 1.165) is 33.8 Å². The van der Waals surface area contributed by atoms with Crippen LogP contribution in [0.25, 0.3) is 5.65 Å². The minimum absolute atomic E-state index is 0.0216. The van der Waals surface area contributed by atoms with Crippen LogP contribution in [-0.2, 0) is 11.3 Å². The maximum absolute atomic E-state index is 12.7. The van der Waals surface area contributed by atoms with Crippen molar-refractivity contribution in [2.45, 2.75) is 32.7 Å². The largest absolute Gasteiger partial charge is 0.467 e. The number of nitrogens with one attached hydrogen (secondary N) is 1. The van der Waals surface area contributed by atoms with Gasteiger partial charge in [-0.25, -0.2) is 4.98 Å². The minimum atomic E-state index is -0.0875. The number of imidazole rings is 1. The van der Waals surface area contributed by atoms with E-state index in [1.54, 1.807) is 6.26 Å². The van der Waals surface area contributed by atoms with Crippen molar-refractivity contribution in [1.29, 1.82) is 0 Å². The molecule has 0 aliphatic carbocycles. The van der Waals surface area contributed by atoms with Gasteiger partial charge >= 0.3 is 0 Å². The van der Waals surface area contributed by atoms with Crippen LogP contribution in [0.4, 0.5) is 0 Å². The summed E-state index contributed by atoms with van der Waals surface area (Å²) in [4.78, 5) is 17.3. The van der Waals surface area contributed by atoms with Crippen LogP contribution in [0.5, 0.6) is 0 Å². The first-order valence-corrected chi connectivity index (χ1v) is 9.40. The van der Waals surface area contributed by atoms with E-state index in [-0.39, 0.29) is 11.8 Å². The Morgan fingerprint density at radius 1 is 1.18 bits per heavy atom. The number of hydrogen-bond donors (Lipinski definition) is 1. The Morgan fingerprint density at radius 3 is 2.82 bits per heavy atom. The van der Waals surface area contributed by atoms with Crippen LogP contribution in [0.15, 0.2) is 71.6 Å². The number of carbonyl (C=O) groups excluding carboxylic acids is 1. The van der Waals surface area contributed by atoms with Gasteiger partial charge in [-0.1, -0.05) is 24.3 Å².